The van der Waals surface area contributed by atoms with Gasteiger partial charge in [-0.25, -0.2) is 9.97 Å². The molecule has 3 heterocycles. The van der Waals surface area contributed by atoms with Crippen molar-refractivity contribution in [3.8, 4) is 29.6 Å². The van der Waals surface area contributed by atoms with Crippen LogP contribution in [0.1, 0.15) is 20.8 Å². The number of fused-ring (bicyclic) bond motifs is 2. The number of anilines is 4. The number of alkyl halides is 3. The van der Waals surface area contributed by atoms with E-state index in [1.54, 1.807) is 25.8 Å². The molecule has 7 aromatic rings. The molecule has 0 fully saturated rings. The first-order valence-corrected chi connectivity index (χ1v) is 19.2. The Morgan fingerprint density at radius 3 is 2.27 bits per heavy atom. The maximum atomic E-state index is 12.7. The SMILES string of the molecule is C#Cc1cccc(Nc2ncnc3cc(OCCOC)c(OCCOC)cc23)c1.O=C(Nc1ccc(OC(F)(F)F)cc1)c1sccc1NCc1ccnc2ccccc12. The molecule has 0 spiro atoms. The molecule has 0 bridgehead atoms. The molecule has 3 N–H and O–H groups in total. The molecule has 3 aromatic heterocycles. The van der Waals surface area contributed by atoms with Gasteiger partial charge >= 0.3 is 6.36 Å². The third kappa shape index (κ3) is 11.8. The van der Waals surface area contributed by atoms with Crippen LogP contribution in [0.4, 0.5) is 36.1 Å². The number of amides is 1. The van der Waals surface area contributed by atoms with E-state index in [9.17, 15) is 18.0 Å². The summed E-state index contributed by atoms with van der Waals surface area (Å²) in [6.45, 7) is 2.23. The van der Waals surface area contributed by atoms with Gasteiger partial charge in [-0.2, -0.15) is 0 Å². The van der Waals surface area contributed by atoms with Crippen LogP contribution in [0.15, 0.2) is 115 Å². The standard InChI is InChI=1S/C22H16F3N3O2S.C22H23N3O4/c23-22(24,25)30-16-7-5-15(6-8-16)28-21(29)20-19(10-12-31-20)27-13-14-9-11-26-18-4-2-1-3-17(14)18;1-4-16-6-5-7-17(12-16)25-22-18-13-20(28-10-8-26-2)21(29-11-9-27-3)14-19(18)23-15-24-22/h1-12,27H,13H2,(H,28,29);1,5-7,12-15H,8-11H2,2-3H3,(H,23,24,25). The number of hydrogen-bond donors (Lipinski definition) is 3. The van der Waals surface area contributed by atoms with Crippen molar-refractivity contribution in [2.24, 2.45) is 0 Å². The van der Waals surface area contributed by atoms with Crippen molar-refractivity contribution < 1.29 is 41.7 Å². The third-order valence-corrected chi connectivity index (χ3v) is 9.42. The lowest BCUT2D eigenvalue weighted by Gasteiger charge is -2.15. The highest BCUT2D eigenvalue weighted by Crippen LogP contribution is 2.35. The van der Waals surface area contributed by atoms with E-state index in [0.717, 1.165) is 50.8 Å². The Kier molecular flexibility index (Phi) is 14.7. The molecule has 4 aromatic carbocycles. The zero-order valence-corrected chi connectivity index (χ0v) is 33.2. The number of carbonyl (C=O) groups is 1. The van der Waals surface area contributed by atoms with Gasteiger partial charge in [-0.15, -0.1) is 30.9 Å². The van der Waals surface area contributed by atoms with E-state index < -0.39 is 6.36 Å². The molecular formula is C44H39F3N6O6S. The highest BCUT2D eigenvalue weighted by molar-refractivity contribution is 7.12. The number of nitrogens with zero attached hydrogens (tertiary/aromatic N) is 3. The molecule has 60 heavy (non-hydrogen) atoms. The van der Waals surface area contributed by atoms with E-state index in [-0.39, 0.29) is 11.7 Å². The second-order valence-corrected chi connectivity index (χ2v) is 13.5. The Morgan fingerprint density at radius 2 is 1.53 bits per heavy atom. The first kappa shape index (κ1) is 42.7. The Bertz CT molecular complexity index is 2560. The number of ether oxygens (including phenoxy) is 5. The van der Waals surface area contributed by atoms with Gasteiger partial charge in [0, 0.05) is 60.7 Å². The highest BCUT2D eigenvalue weighted by atomic mass is 32.1. The topological polar surface area (TPSA) is 138 Å². The molecule has 308 valence electrons. The van der Waals surface area contributed by atoms with E-state index in [4.69, 9.17) is 25.4 Å². The molecule has 0 atom stereocenters. The molecule has 0 radical (unpaired) electrons. The van der Waals surface area contributed by atoms with Crippen molar-refractivity contribution in [3.05, 3.63) is 131 Å². The van der Waals surface area contributed by atoms with Gasteiger partial charge < -0.3 is 39.6 Å². The number of nitrogens with one attached hydrogen (secondary N) is 3. The maximum Gasteiger partial charge on any atom is 0.573 e. The van der Waals surface area contributed by atoms with E-state index >= 15 is 0 Å². The van der Waals surface area contributed by atoms with Crippen LogP contribution < -0.4 is 30.2 Å². The maximum absolute atomic E-state index is 12.7. The number of aromatic nitrogens is 3. The fraction of sp³-hybridized carbons (Fsp3) is 0.182. The van der Waals surface area contributed by atoms with Crippen LogP contribution in [0.5, 0.6) is 17.2 Å². The Hall–Kier alpha value is -6.93. The zero-order chi connectivity index (χ0) is 42.3. The number of hydrogen-bond acceptors (Lipinski definition) is 12. The van der Waals surface area contributed by atoms with Crippen LogP contribution in [-0.2, 0) is 16.0 Å². The monoisotopic (exact) mass is 836 g/mol. The number of thiophene rings is 1. The van der Waals surface area contributed by atoms with Gasteiger partial charge in [0.15, 0.2) is 11.5 Å². The minimum absolute atomic E-state index is 0.353. The Morgan fingerprint density at radius 1 is 0.783 bits per heavy atom. The molecular weight excluding hydrogens is 798 g/mol. The number of rotatable bonds is 16. The van der Waals surface area contributed by atoms with Gasteiger partial charge in [0.2, 0.25) is 0 Å². The lowest BCUT2D eigenvalue weighted by Crippen LogP contribution is -2.17. The second-order valence-electron chi connectivity index (χ2n) is 12.6. The highest BCUT2D eigenvalue weighted by Gasteiger charge is 2.31. The normalized spacial score (nSPS) is 10.9. The van der Waals surface area contributed by atoms with Crippen LogP contribution in [0.2, 0.25) is 0 Å². The number of benzene rings is 4. The summed E-state index contributed by atoms with van der Waals surface area (Å²) in [5.74, 6) is 3.73. The third-order valence-electron chi connectivity index (χ3n) is 8.51. The van der Waals surface area contributed by atoms with Gasteiger partial charge in [-0.1, -0.05) is 30.2 Å². The molecule has 7 rings (SSSR count). The van der Waals surface area contributed by atoms with Crippen LogP contribution in [0, 0.1) is 12.3 Å². The largest absolute Gasteiger partial charge is 0.573 e. The summed E-state index contributed by atoms with van der Waals surface area (Å²) in [5.41, 5.74) is 5.31. The summed E-state index contributed by atoms with van der Waals surface area (Å²) in [5, 5.41) is 12.9. The molecule has 0 saturated heterocycles. The first-order chi connectivity index (χ1) is 29.1. The average molecular weight is 837 g/mol. The summed E-state index contributed by atoms with van der Waals surface area (Å²) in [7, 11) is 3.25. The predicted octanol–water partition coefficient (Wildman–Crippen LogP) is 9.46. The van der Waals surface area contributed by atoms with Crippen molar-refractivity contribution in [1.29, 1.82) is 0 Å². The molecule has 0 saturated carbocycles. The van der Waals surface area contributed by atoms with Crippen molar-refractivity contribution in [2.45, 2.75) is 12.9 Å². The number of terminal acetylenes is 1. The van der Waals surface area contributed by atoms with Crippen molar-refractivity contribution in [1.82, 2.24) is 15.0 Å². The Balaban J connectivity index is 0.000000202. The molecule has 1 amide bonds. The molecule has 0 aliphatic rings. The van der Waals surface area contributed by atoms with Crippen molar-refractivity contribution in [3.63, 3.8) is 0 Å². The van der Waals surface area contributed by atoms with Gasteiger partial charge in [0.1, 0.15) is 36.0 Å². The number of halogens is 3. The van der Waals surface area contributed by atoms with Gasteiger partial charge in [0.25, 0.3) is 5.91 Å². The van der Waals surface area contributed by atoms with E-state index in [2.05, 4.69) is 41.6 Å². The molecule has 0 aliphatic carbocycles. The summed E-state index contributed by atoms with van der Waals surface area (Å²) in [6, 6.07) is 27.8. The lowest BCUT2D eigenvalue weighted by molar-refractivity contribution is -0.274. The first-order valence-electron chi connectivity index (χ1n) is 18.3. The number of carbonyl (C=O) groups excluding carboxylic acids is 1. The van der Waals surface area contributed by atoms with E-state index in [0.29, 0.717) is 66.5 Å². The minimum Gasteiger partial charge on any atom is -0.487 e. The van der Waals surface area contributed by atoms with Crippen molar-refractivity contribution in [2.75, 3.05) is 56.6 Å². The number of pyridine rings is 1. The van der Waals surface area contributed by atoms with Gasteiger partial charge in [-0.05, 0) is 77.7 Å². The van der Waals surface area contributed by atoms with Crippen LogP contribution in [0.25, 0.3) is 21.8 Å². The van der Waals surface area contributed by atoms with E-state index in [1.165, 1.54) is 29.8 Å². The second kappa shape index (κ2) is 20.7. The van der Waals surface area contributed by atoms with Crippen molar-refractivity contribution >= 4 is 61.9 Å². The predicted molar refractivity (Wildman–Crippen MR) is 226 cm³/mol. The van der Waals surface area contributed by atoms with Crippen LogP contribution in [-0.4, -0.2) is 67.9 Å². The van der Waals surface area contributed by atoms with Crippen LogP contribution in [0.3, 0.4) is 0 Å². The minimum atomic E-state index is -4.76. The lowest BCUT2D eigenvalue weighted by atomic mass is 10.1. The number of methoxy groups -OCH3 is 2. The van der Waals surface area contributed by atoms with E-state index in [1.807, 2.05) is 72.8 Å². The van der Waals surface area contributed by atoms with Gasteiger partial charge in [0.05, 0.1) is 29.9 Å². The molecule has 0 unspecified atom stereocenters. The molecule has 16 heteroatoms. The summed E-state index contributed by atoms with van der Waals surface area (Å²) in [4.78, 5) is 26.2. The summed E-state index contributed by atoms with van der Waals surface area (Å²) < 4.78 is 62.4. The fourth-order valence-corrected chi connectivity index (χ4v) is 6.50. The molecule has 0 aliphatic heterocycles. The zero-order valence-electron chi connectivity index (χ0n) is 32.4. The number of para-hydroxylation sites is 1. The van der Waals surface area contributed by atoms with Crippen LogP contribution >= 0.6 is 11.3 Å². The van der Waals surface area contributed by atoms with Gasteiger partial charge in [-0.3, -0.25) is 9.78 Å². The average Bonchev–Trinajstić information content (AvgIpc) is 3.73. The molecule has 12 nitrogen and oxygen atoms in total. The summed E-state index contributed by atoms with van der Waals surface area (Å²) >= 11 is 1.27. The quantitative estimate of drug-likeness (QED) is 0.0634. The summed E-state index contributed by atoms with van der Waals surface area (Å²) in [6.07, 6.45) is 3.98. The smallest absolute Gasteiger partial charge is 0.487 e. The Labute approximate surface area is 347 Å². The fourth-order valence-electron chi connectivity index (χ4n) is 5.73.